The van der Waals surface area contributed by atoms with E-state index in [2.05, 4.69) is 15.4 Å². The number of carbonyl (C=O) groups is 2. The Balaban J connectivity index is 2.73. The fourth-order valence-corrected chi connectivity index (χ4v) is 0.901. The zero-order chi connectivity index (χ0) is 12.0. The Morgan fingerprint density at radius 1 is 1.38 bits per heavy atom. The van der Waals surface area contributed by atoms with Crippen LogP contribution in [0.1, 0.15) is 0 Å². The van der Waals surface area contributed by atoms with Crippen molar-refractivity contribution in [2.45, 2.75) is 0 Å². The minimum Gasteiger partial charge on any atom is -0.480 e. The Kier molecular flexibility index (Phi) is 4.01. The van der Waals surface area contributed by atoms with Gasteiger partial charge in [0.1, 0.15) is 13.1 Å². The third kappa shape index (κ3) is 3.78. The minimum absolute atomic E-state index is 0.0785. The molecular weight excluding hydrogens is 216 g/mol. The van der Waals surface area contributed by atoms with Crippen LogP contribution in [0.2, 0.25) is 0 Å². The van der Waals surface area contributed by atoms with Gasteiger partial charge in [0, 0.05) is 12.4 Å². The smallest absolute Gasteiger partial charge is 0.325 e. The zero-order valence-corrected chi connectivity index (χ0v) is 8.20. The number of aliphatic carboxylic acids is 2. The number of aliphatic imine (C=N–C) groups is 1. The Hall–Kier alpha value is -2.38. The first-order valence-corrected chi connectivity index (χ1v) is 4.31. The molecule has 0 aliphatic carbocycles. The van der Waals surface area contributed by atoms with Crippen molar-refractivity contribution in [1.82, 2.24) is 15.1 Å². The summed E-state index contributed by atoms with van der Waals surface area (Å²) in [5, 5.41) is 23.2. The molecule has 1 aromatic heterocycles. The third-order valence-corrected chi connectivity index (χ3v) is 1.48. The quantitative estimate of drug-likeness (QED) is 0.440. The molecule has 8 nitrogen and oxygen atoms in total. The van der Waals surface area contributed by atoms with E-state index >= 15 is 0 Å². The lowest BCUT2D eigenvalue weighted by molar-refractivity contribution is -0.136. The molecule has 0 saturated carbocycles. The lowest BCUT2D eigenvalue weighted by Gasteiger charge is -2.06. The largest absolute Gasteiger partial charge is 0.480 e. The van der Waals surface area contributed by atoms with Crippen LogP contribution in [0.15, 0.2) is 23.5 Å². The predicted molar refractivity (Wildman–Crippen MR) is 53.2 cm³/mol. The monoisotopic (exact) mass is 226 g/mol. The Labute approximate surface area is 90.2 Å². The second kappa shape index (κ2) is 5.49. The van der Waals surface area contributed by atoms with Gasteiger partial charge in [-0.2, -0.15) is 5.10 Å². The van der Waals surface area contributed by atoms with E-state index in [1.165, 1.54) is 17.1 Å². The molecule has 0 unspecified atom stereocenters. The SMILES string of the molecule is O=C(O)CN=C(NCC(=O)O)n1cccn1. The highest BCUT2D eigenvalue weighted by Crippen LogP contribution is 1.85. The van der Waals surface area contributed by atoms with Gasteiger partial charge in [0.05, 0.1) is 0 Å². The molecule has 8 heteroatoms. The van der Waals surface area contributed by atoms with Crippen LogP contribution in [0.3, 0.4) is 0 Å². The molecule has 0 aromatic carbocycles. The fourth-order valence-electron chi connectivity index (χ4n) is 0.901. The summed E-state index contributed by atoms with van der Waals surface area (Å²) in [6.07, 6.45) is 2.99. The summed E-state index contributed by atoms with van der Waals surface area (Å²) in [5.74, 6) is -2.10. The molecule has 1 heterocycles. The summed E-state index contributed by atoms with van der Waals surface area (Å²) in [5.41, 5.74) is 0. The van der Waals surface area contributed by atoms with Crippen LogP contribution in [0.25, 0.3) is 0 Å². The van der Waals surface area contributed by atoms with Crippen LogP contribution in [-0.4, -0.2) is 51.0 Å². The second-order valence-electron chi connectivity index (χ2n) is 2.73. The highest BCUT2D eigenvalue weighted by atomic mass is 16.4. The maximum Gasteiger partial charge on any atom is 0.325 e. The van der Waals surface area contributed by atoms with Gasteiger partial charge in [0.25, 0.3) is 0 Å². The van der Waals surface area contributed by atoms with E-state index in [4.69, 9.17) is 10.2 Å². The summed E-state index contributed by atoms with van der Waals surface area (Å²) < 4.78 is 1.26. The van der Waals surface area contributed by atoms with E-state index in [-0.39, 0.29) is 12.5 Å². The summed E-state index contributed by atoms with van der Waals surface area (Å²) in [4.78, 5) is 24.4. The van der Waals surface area contributed by atoms with Gasteiger partial charge >= 0.3 is 11.9 Å². The van der Waals surface area contributed by atoms with Gasteiger partial charge in [-0.1, -0.05) is 0 Å². The van der Waals surface area contributed by atoms with E-state index in [0.29, 0.717) is 0 Å². The number of hydrogen-bond acceptors (Lipinski definition) is 4. The highest BCUT2D eigenvalue weighted by Gasteiger charge is 2.05. The first-order chi connectivity index (χ1) is 7.59. The molecule has 16 heavy (non-hydrogen) atoms. The van der Waals surface area contributed by atoms with Gasteiger partial charge < -0.3 is 15.5 Å². The number of nitrogens with one attached hydrogen (secondary N) is 1. The average Bonchev–Trinajstić information content (AvgIpc) is 2.70. The molecule has 0 saturated heterocycles. The Morgan fingerprint density at radius 3 is 2.62 bits per heavy atom. The van der Waals surface area contributed by atoms with Gasteiger partial charge in [-0.3, -0.25) is 9.59 Å². The lowest BCUT2D eigenvalue weighted by Crippen LogP contribution is -2.35. The number of hydrogen-bond donors (Lipinski definition) is 3. The van der Waals surface area contributed by atoms with Crippen molar-refractivity contribution in [1.29, 1.82) is 0 Å². The topological polar surface area (TPSA) is 117 Å². The normalized spacial score (nSPS) is 11.1. The average molecular weight is 226 g/mol. The van der Waals surface area contributed by atoms with Crippen LogP contribution >= 0.6 is 0 Å². The Bertz CT molecular complexity index is 398. The molecule has 0 bridgehead atoms. The molecule has 86 valence electrons. The minimum atomic E-state index is -1.11. The summed E-state index contributed by atoms with van der Waals surface area (Å²) >= 11 is 0. The first kappa shape index (κ1) is 11.7. The molecule has 0 radical (unpaired) electrons. The van der Waals surface area contributed by atoms with E-state index < -0.39 is 18.5 Å². The summed E-state index contributed by atoms with van der Waals surface area (Å²) in [6.45, 7) is -0.819. The van der Waals surface area contributed by atoms with Gasteiger partial charge in [-0.25, -0.2) is 9.67 Å². The molecule has 0 spiro atoms. The standard InChI is InChI=1S/C8H10N4O4/c13-6(14)4-9-8(10-5-7(15)16)12-3-1-2-11-12/h1-3H,4-5H2,(H,9,10)(H,13,14)(H,15,16). The van der Waals surface area contributed by atoms with E-state index in [0.717, 1.165) is 0 Å². The molecule has 1 rings (SSSR count). The maximum atomic E-state index is 10.3. The van der Waals surface area contributed by atoms with Crippen molar-refractivity contribution in [3.8, 4) is 0 Å². The molecular formula is C8H10N4O4. The third-order valence-electron chi connectivity index (χ3n) is 1.48. The van der Waals surface area contributed by atoms with Crippen LogP contribution in [-0.2, 0) is 9.59 Å². The van der Waals surface area contributed by atoms with Crippen LogP contribution < -0.4 is 5.32 Å². The number of carboxylic acids is 2. The molecule has 1 aromatic rings. The number of carboxylic acid groups (broad SMARTS) is 2. The molecule has 0 aliphatic rings. The van der Waals surface area contributed by atoms with Crippen LogP contribution in [0, 0.1) is 0 Å². The number of rotatable bonds is 4. The highest BCUT2D eigenvalue weighted by molar-refractivity contribution is 5.86. The Morgan fingerprint density at radius 2 is 2.12 bits per heavy atom. The van der Waals surface area contributed by atoms with Gasteiger partial charge in [0.15, 0.2) is 0 Å². The second-order valence-corrected chi connectivity index (χ2v) is 2.73. The van der Waals surface area contributed by atoms with Crippen molar-refractivity contribution in [3.05, 3.63) is 18.5 Å². The van der Waals surface area contributed by atoms with Gasteiger partial charge in [0.2, 0.25) is 5.96 Å². The molecule has 0 atom stereocenters. The maximum absolute atomic E-state index is 10.3. The van der Waals surface area contributed by atoms with E-state index in [1.807, 2.05) is 0 Å². The lowest BCUT2D eigenvalue weighted by atomic mass is 10.6. The van der Waals surface area contributed by atoms with Gasteiger partial charge in [-0.15, -0.1) is 0 Å². The van der Waals surface area contributed by atoms with Crippen molar-refractivity contribution >= 4 is 17.9 Å². The molecule has 0 aliphatic heterocycles. The van der Waals surface area contributed by atoms with Crippen LogP contribution in [0.4, 0.5) is 0 Å². The van der Waals surface area contributed by atoms with E-state index in [1.54, 1.807) is 6.07 Å². The molecule has 0 fully saturated rings. The molecule has 0 amide bonds. The first-order valence-electron chi connectivity index (χ1n) is 4.31. The van der Waals surface area contributed by atoms with Crippen molar-refractivity contribution in [2.24, 2.45) is 4.99 Å². The zero-order valence-electron chi connectivity index (χ0n) is 8.20. The summed E-state index contributed by atoms with van der Waals surface area (Å²) in [6, 6.07) is 1.61. The summed E-state index contributed by atoms with van der Waals surface area (Å²) in [7, 11) is 0. The number of nitrogens with zero attached hydrogens (tertiary/aromatic N) is 3. The predicted octanol–water partition coefficient (Wildman–Crippen LogP) is -1.15. The van der Waals surface area contributed by atoms with Crippen molar-refractivity contribution in [2.75, 3.05) is 13.1 Å². The van der Waals surface area contributed by atoms with Crippen LogP contribution in [0.5, 0.6) is 0 Å². The van der Waals surface area contributed by atoms with Crippen molar-refractivity contribution in [3.63, 3.8) is 0 Å². The van der Waals surface area contributed by atoms with Gasteiger partial charge in [-0.05, 0) is 6.07 Å². The number of aromatic nitrogens is 2. The van der Waals surface area contributed by atoms with Crippen molar-refractivity contribution < 1.29 is 19.8 Å². The van der Waals surface area contributed by atoms with E-state index in [9.17, 15) is 9.59 Å². The molecule has 3 N–H and O–H groups in total. The fraction of sp³-hybridized carbons (Fsp3) is 0.250.